The molecule has 0 spiro atoms. The average Bonchev–Trinajstić information content (AvgIpc) is 3.23. The van der Waals surface area contributed by atoms with Gasteiger partial charge in [-0.15, -0.1) is 0 Å². The number of alkyl halides is 1. The SMILES string of the molecule is Clc1cnccc1CC(Br)C1CC1c1ccccc1. The highest BCUT2D eigenvalue weighted by molar-refractivity contribution is 9.09. The molecule has 3 rings (SSSR count). The van der Waals surface area contributed by atoms with Crippen molar-refractivity contribution < 1.29 is 0 Å². The highest BCUT2D eigenvalue weighted by atomic mass is 79.9. The number of rotatable bonds is 4. The van der Waals surface area contributed by atoms with Gasteiger partial charge in [-0.2, -0.15) is 0 Å². The highest BCUT2D eigenvalue weighted by Crippen LogP contribution is 2.52. The second-order valence-electron chi connectivity index (χ2n) is 5.10. The van der Waals surface area contributed by atoms with Crippen LogP contribution >= 0.6 is 27.5 Å². The van der Waals surface area contributed by atoms with Crippen molar-refractivity contribution >= 4 is 27.5 Å². The Hall–Kier alpha value is -0.860. The molecule has 0 radical (unpaired) electrons. The van der Waals surface area contributed by atoms with Crippen molar-refractivity contribution in [2.45, 2.75) is 23.6 Å². The van der Waals surface area contributed by atoms with E-state index in [1.807, 2.05) is 12.3 Å². The van der Waals surface area contributed by atoms with Gasteiger partial charge in [0.05, 0.1) is 5.02 Å². The summed E-state index contributed by atoms with van der Waals surface area (Å²) >= 11 is 10.00. The molecule has 2 aromatic rings. The summed E-state index contributed by atoms with van der Waals surface area (Å²) < 4.78 is 0. The van der Waals surface area contributed by atoms with Crippen molar-refractivity contribution in [2.75, 3.05) is 0 Å². The minimum absolute atomic E-state index is 0.484. The number of halogens is 2. The summed E-state index contributed by atoms with van der Waals surface area (Å²) in [5, 5.41) is 0.767. The van der Waals surface area contributed by atoms with E-state index in [-0.39, 0.29) is 0 Å². The molecule has 1 aliphatic carbocycles. The molecular weight excluding hydrogens is 322 g/mol. The summed E-state index contributed by atoms with van der Waals surface area (Å²) in [6.45, 7) is 0. The molecule has 3 atom stereocenters. The normalized spacial score (nSPS) is 23.1. The predicted octanol–water partition coefficient (Wildman–Crippen LogP) is 4.84. The summed E-state index contributed by atoms with van der Waals surface area (Å²) in [6.07, 6.45) is 5.76. The van der Waals surface area contributed by atoms with Crippen LogP contribution in [0.5, 0.6) is 0 Å². The van der Waals surface area contributed by atoms with Crippen LogP contribution in [0.1, 0.15) is 23.5 Å². The van der Waals surface area contributed by atoms with Crippen molar-refractivity contribution in [3.05, 3.63) is 64.9 Å². The van der Waals surface area contributed by atoms with Crippen molar-refractivity contribution in [1.29, 1.82) is 0 Å². The molecule has 19 heavy (non-hydrogen) atoms. The van der Waals surface area contributed by atoms with Gasteiger partial charge in [-0.05, 0) is 41.9 Å². The number of benzene rings is 1. The van der Waals surface area contributed by atoms with E-state index in [0.717, 1.165) is 11.4 Å². The Labute approximate surface area is 127 Å². The Kier molecular flexibility index (Phi) is 3.90. The summed E-state index contributed by atoms with van der Waals surface area (Å²) in [4.78, 5) is 4.51. The molecule has 1 fully saturated rings. The Morgan fingerprint density at radius 1 is 1.26 bits per heavy atom. The first-order chi connectivity index (χ1) is 9.25. The van der Waals surface area contributed by atoms with Crippen LogP contribution in [0.15, 0.2) is 48.8 Å². The molecule has 0 N–H and O–H groups in total. The lowest BCUT2D eigenvalue weighted by atomic mass is 10.0. The molecule has 0 aliphatic heterocycles. The Bertz CT molecular complexity index is 558. The largest absolute Gasteiger partial charge is 0.263 e. The lowest BCUT2D eigenvalue weighted by Crippen LogP contribution is -2.07. The highest BCUT2D eigenvalue weighted by Gasteiger charge is 2.42. The molecule has 98 valence electrons. The molecule has 3 heteroatoms. The quantitative estimate of drug-likeness (QED) is 0.728. The van der Waals surface area contributed by atoms with Gasteiger partial charge in [-0.1, -0.05) is 57.9 Å². The number of aromatic nitrogens is 1. The zero-order valence-corrected chi connectivity index (χ0v) is 12.8. The molecule has 1 aliphatic rings. The predicted molar refractivity (Wildman–Crippen MR) is 83.0 cm³/mol. The molecule has 0 amide bonds. The van der Waals surface area contributed by atoms with E-state index in [1.165, 1.54) is 17.5 Å². The van der Waals surface area contributed by atoms with Gasteiger partial charge in [-0.25, -0.2) is 0 Å². The molecule has 1 aromatic carbocycles. The molecular formula is C16H15BrClN. The van der Waals surface area contributed by atoms with Crippen LogP contribution in [0.4, 0.5) is 0 Å². The van der Waals surface area contributed by atoms with Gasteiger partial charge >= 0.3 is 0 Å². The zero-order chi connectivity index (χ0) is 13.2. The first-order valence-corrected chi connectivity index (χ1v) is 7.82. The molecule has 1 nitrogen and oxygen atoms in total. The van der Waals surface area contributed by atoms with E-state index < -0.39 is 0 Å². The van der Waals surface area contributed by atoms with Gasteiger partial charge < -0.3 is 0 Å². The average molecular weight is 337 g/mol. The zero-order valence-electron chi connectivity index (χ0n) is 10.5. The van der Waals surface area contributed by atoms with Crippen molar-refractivity contribution in [3.8, 4) is 0 Å². The topological polar surface area (TPSA) is 12.9 Å². The summed E-state index contributed by atoms with van der Waals surface area (Å²) in [5.74, 6) is 1.41. The van der Waals surface area contributed by atoms with Crippen LogP contribution in [-0.4, -0.2) is 9.81 Å². The molecule has 1 aromatic heterocycles. The Morgan fingerprint density at radius 2 is 2.05 bits per heavy atom. The first-order valence-electron chi connectivity index (χ1n) is 6.53. The Balaban J connectivity index is 1.64. The van der Waals surface area contributed by atoms with E-state index in [4.69, 9.17) is 11.6 Å². The molecule has 3 unspecified atom stereocenters. The van der Waals surface area contributed by atoms with Crippen LogP contribution < -0.4 is 0 Å². The fourth-order valence-electron chi connectivity index (χ4n) is 2.63. The monoisotopic (exact) mass is 335 g/mol. The van der Waals surface area contributed by atoms with Gasteiger partial charge in [0.1, 0.15) is 0 Å². The third-order valence-electron chi connectivity index (χ3n) is 3.80. The summed E-state index contributed by atoms with van der Waals surface area (Å²) in [7, 11) is 0. The minimum Gasteiger partial charge on any atom is -0.263 e. The van der Waals surface area contributed by atoms with Gasteiger partial charge in [0.2, 0.25) is 0 Å². The van der Waals surface area contributed by atoms with Gasteiger partial charge in [0.25, 0.3) is 0 Å². The maximum atomic E-state index is 6.16. The second-order valence-corrected chi connectivity index (χ2v) is 6.69. The molecule has 0 saturated heterocycles. The Morgan fingerprint density at radius 3 is 2.79 bits per heavy atom. The van der Waals surface area contributed by atoms with Crippen LogP contribution in [0.3, 0.4) is 0 Å². The van der Waals surface area contributed by atoms with Gasteiger partial charge in [0.15, 0.2) is 0 Å². The van der Waals surface area contributed by atoms with E-state index in [2.05, 4.69) is 51.2 Å². The molecule has 0 bridgehead atoms. The molecule has 1 saturated carbocycles. The smallest absolute Gasteiger partial charge is 0.0621 e. The van der Waals surface area contributed by atoms with Crippen molar-refractivity contribution in [2.24, 2.45) is 5.92 Å². The number of nitrogens with zero attached hydrogens (tertiary/aromatic N) is 1. The van der Waals surface area contributed by atoms with Crippen LogP contribution in [0.2, 0.25) is 5.02 Å². The second kappa shape index (κ2) is 5.64. The summed E-state index contributed by atoms with van der Waals surface area (Å²) in [6, 6.07) is 12.8. The summed E-state index contributed by atoms with van der Waals surface area (Å²) in [5.41, 5.74) is 2.63. The first kappa shape index (κ1) is 13.1. The van der Waals surface area contributed by atoms with Crippen molar-refractivity contribution in [3.63, 3.8) is 0 Å². The van der Waals surface area contributed by atoms with Crippen LogP contribution in [0.25, 0.3) is 0 Å². The fourth-order valence-corrected chi connectivity index (χ4v) is 3.76. The maximum absolute atomic E-state index is 6.16. The van der Waals surface area contributed by atoms with Crippen molar-refractivity contribution in [1.82, 2.24) is 4.98 Å². The van der Waals surface area contributed by atoms with E-state index in [9.17, 15) is 0 Å². The third-order valence-corrected chi connectivity index (χ3v) is 5.15. The number of hydrogen-bond donors (Lipinski definition) is 0. The van der Waals surface area contributed by atoms with Crippen LogP contribution in [-0.2, 0) is 6.42 Å². The minimum atomic E-state index is 0.484. The van der Waals surface area contributed by atoms with E-state index >= 15 is 0 Å². The fraction of sp³-hybridized carbons (Fsp3) is 0.312. The molecule has 1 heterocycles. The van der Waals surface area contributed by atoms with Gasteiger partial charge in [0, 0.05) is 17.2 Å². The number of hydrogen-bond acceptors (Lipinski definition) is 1. The van der Waals surface area contributed by atoms with E-state index in [1.54, 1.807) is 6.20 Å². The standard InChI is InChI=1S/C16H15BrClN/c17-15(8-12-6-7-19-10-16(12)18)14-9-13(14)11-4-2-1-3-5-11/h1-7,10,13-15H,8-9H2. The van der Waals surface area contributed by atoms with Crippen LogP contribution in [0, 0.1) is 5.92 Å². The van der Waals surface area contributed by atoms with E-state index in [0.29, 0.717) is 16.7 Å². The third kappa shape index (κ3) is 3.01. The number of pyridine rings is 1. The maximum Gasteiger partial charge on any atom is 0.0621 e. The lowest BCUT2D eigenvalue weighted by Gasteiger charge is -2.10. The lowest BCUT2D eigenvalue weighted by molar-refractivity contribution is 0.734. The van der Waals surface area contributed by atoms with Gasteiger partial charge in [-0.3, -0.25) is 4.98 Å².